The lowest BCUT2D eigenvalue weighted by molar-refractivity contribution is -0.133. The van der Waals surface area contributed by atoms with Crippen molar-refractivity contribution >= 4 is 0 Å². The van der Waals surface area contributed by atoms with E-state index in [4.69, 9.17) is 0 Å². The van der Waals surface area contributed by atoms with Crippen LogP contribution in [0.1, 0.15) is 68.6 Å². The van der Waals surface area contributed by atoms with E-state index in [9.17, 15) is 5.11 Å². The van der Waals surface area contributed by atoms with Crippen LogP contribution in [0.4, 0.5) is 0 Å². The first-order valence-electron chi connectivity index (χ1n) is 9.22. The average molecular weight is 298 g/mol. The number of aliphatic hydroxyl groups is 1. The van der Waals surface area contributed by atoms with Gasteiger partial charge in [0, 0.05) is 0 Å². The Bertz CT molecular complexity index is 574. The molecule has 4 bridgehead atoms. The van der Waals surface area contributed by atoms with Crippen LogP contribution >= 0.6 is 0 Å². The summed E-state index contributed by atoms with van der Waals surface area (Å²) in [7, 11) is 0. The Morgan fingerprint density at radius 2 is 1.77 bits per heavy atom. The maximum atomic E-state index is 10.8. The molecule has 0 saturated heterocycles. The molecule has 4 aliphatic rings. The van der Waals surface area contributed by atoms with Gasteiger partial charge in [0.25, 0.3) is 0 Å². The minimum Gasteiger partial charge on any atom is -0.393 e. The lowest BCUT2D eigenvalue weighted by Crippen LogP contribution is -2.57. The molecule has 5 rings (SSSR count). The maximum Gasteiger partial charge on any atom is 0.0594 e. The number of rotatable bonds is 3. The van der Waals surface area contributed by atoms with Crippen molar-refractivity contribution in [1.29, 1.82) is 0 Å². The SMILES string of the molecule is CCC(O)C12C[C@@H]3C[C@@H](CC(c4ccc(C)c(C)c4)(C3)C1)C2. The molecule has 22 heavy (non-hydrogen) atoms. The smallest absolute Gasteiger partial charge is 0.0594 e. The quantitative estimate of drug-likeness (QED) is 0.840. The second-order valence-corrected chi connectivity index (χ2v) is 8.83. The zero-order chi connectivity index (χ0) is 15.5. The Morgan fingerprint density at radius 3 is 2.36 bits per heavy atom. The van der Waals surface area contributed by atoms with Crippen molar-refractivity contribution in [2.45, 2.75) is 77.2 Å². The summed E-state index contributed by atoms with van der Waals surface area (Å²) < 4.78 is 0. The summed E-state index contributed by atoms with van der Waals surface area (Å²) in [5.74, 6) is 1.70. The Morgan fingerprint density at radius 1 is 1.09 bits per heavy atom. The van der Waals surface area contributed by atoms with E-state index < -0.39 is 0 Å². The van der Waals surface area contributed by atoms with Crippen LogP contribution in [-0.2, 0) is 5.41 Å². The van der Waals surface area contributed by atoms with Gasteiger partial charge >= 0.3 is 0 Å². The van der Waals surface area contributed by atoms with Crippen molar-refractivity contribution in [1.82, 2.24) is 0 Å². The number of hydrogen-bond acceptors (Lipinski definition) is 1. The van der Waals surface area contributed by atoms with E-state index in [1.54, 1.807) is 5.56 Å². The molecule has 1 nitrogen and oxygen atoms in total. The lowest BCUT2D eigenvalue weighted by Gasteiger charge is -2.63. The van der Waals surface area contributed by atoms with E-state index >= 15 is 0 Å². The minimum atomic E-state index is -0.0932. The third-order valence-corrected chi connectivity index (χ3v) is 7.32. The topological polar surface area (TPSA) is 20.2 Å². The second kappa shape index (κ2) is 4.84. The first-order valence-corrected chi connectivity index (χ1v) is 9.22. The normalized spacial score (nSPS) is 40.9. The molecule has 1 N–H and O–H groups in total. The second-order valence-electron chi connectivity index (χ2n) is 8.83. The predicted octanol–water partition coefficient (Wildman–Crippen LogP) is 4.91. The highest BCUT2D eigenvalue weighted by Crippen LogP contribution is 2.67. The van der Waals surface area contributed by atoms with E-state index in [0.29, 0.717) is 5.41 Å². The molecule has 4 saturated carbocycles. The van der Waals surface area contributed by atoms with Crippen LogP contribution < -0.4 is 0 Å². The van der Waals surface area contributed by atoms with Crippen LogP contribution in [0.25, 0.3) is 0 Å². The monoisotopic (exact) mass is 298 g/mol. The number of aliphatic hydroxyl groups excluding tert-OH is 1. The molecule has 5 atom stereocenters. The van der Waals surface area contributed by atoms with Crippen LogP contribution in [0, 0.1) is 31.1 Å². The molecule has 1 aromatic rings. The van der Waals surface area contributed by atoms with Gasteiger partial charge in [-0.25, -0.2) is 0 Å². The summed E-state index contributed by atoms with van der Waals surface area (Å²) in [4.78, 5) is 0. The predicted molar refractivity (Wildman–Crippen MR) is 91.0 cm³/mol. The van der Waals surface area contributed by atoms with E-state index in [0.717, 1.165) is 18.3 Å². The van der Waals surface area contributed by atoms with Gasteiger partial charge in [0.1, 0.15) is 0 Å². The Balaban J connectivity index is 1.77. The first-order chi connectivity index (χ1) is 10.5. The van der Waals surface area contributed by atoms with E-state index in [1.165, 1.54) is 49.7 Å². The van der Waals surface area contributed by atoms with Gasteiger partial charge in [-0.3, -0.25) is 0 Å². The van der Waals surface area contributed by atoms with Gasteiger partial charge in [0.05, 0.1) is 6.10 Å². The van der Waals surface area contributed by atoms with Crippen molar-refractivity contribution in [2.24, 2.45) is 17.3 Å². The molecule has 0 amide bonds. The molecular formula is C21H30O. The van der Waals surface area contributed by atoms with Crippen molar-refractivity contribution in [2.75, 3.05) is 0 Å². The summed E-state index contributed by atoms with van der Waals surface area (Å²) in [5, 5.41) is 10.8. The summed E-state index contributed by atoms with van der Waals surface area (Å²) in [5.41, 5.74) is 4.98. The van der Waals surface area contributed by atoms with Gasteiger partial charge < -0.3 is 5.11 Å². The lowest BCUT2D eigenvalue weighted by atomic mass is 9.41. The molecule has 0 heterocycles. The number of benzene rings is 1. The van der Waals surface area contributed by atoms with Crippen molar-refractivity contribution in [3.63, 3.8) is 0 Å². The van der Waals surface area contributed by atoms with Gasteiger partial charge in [-0.1, -0.05) is 25.1 Å². The zero-order valence-electron chi connectivity index (χ0n) is 14.4. The summed E-state index contributed by atoms with van der Waals surface area (Å²) in [6.07, 6.45) is 8.77. The van der Waals surface area contributed by atoms with Gasteiger partial charge in [-0.05, 0) is 98.1 Å². The van der Waals surface area contributed by atoms with Crippen molar-refractivity contribution in [3.05, 3.63) is 34.9 Å². The van der Waals surface area contributed by atoms with Gasteiger partial charge in [-0.2, -0.15) is 0 Å². The molecule has 1 aromatic carbocycles. The number of aryl methyl sites for hydroxylation is 2. The summed E-state index contributed by atoms with van der Waals surface area (Å²) in [6.45, 7) is 6.61. The van der Waals surface area contributed by atoms with Crippen LogP contribution in [0.3, 0.4) is 0 Å². The van der Waals surface area contributed by atoms with Crippen molar-refractivity contribution < 1.29 is 5.11 Å². The average Bonchev–Trinajstić information content (AvgIpc) is 2.47. The van der Waals surface area contributed by atoms with Gasteiger partial charge in [0.15, 0.2) is 0 Å². The summed E-state index contributed by atoms with van der Waals surface area (Å²) in [6, 6.07) is 7.15. The van der Waals surface area contributed by atoms with E-state index in [1.807, 2.05) is 0 Å². The fraction of sp³-hybridized carbons (Fsp3) is 0.714. The van der Waals surface area contributed by atoms with Gasteiger partial charge in [-0.15, -0.1) is 0 Å². The molecular weight excluding hydrogens is 268 g/mol. The molecule has 120 valence electrons. The maximum absolute atomic E-state index is 10.8. The fourth-order valence-corrected chi connectivity index (χ4v) is 6.57. The molecule has 0 aromatic heterocycles. The molecule has 0 radical (unpaired) electrons. The fourth-order valence-electron chi connectivity index (χ4n) is 6.57. The third kappa shape index (κ3) is 2.01. The van der Waals surface area contributed by atoms with Crippen LogP contribution in [0.15, 0.2) is 18.2 Å². The Hall–Kier alpha value is -0.820. The standard InChI is InChI=1S/C21H30O/c1-4-19(22)21-11-16-8-17(12-21)10-20(9-16,13-21)18-6-5-14(2)15(3)7-18/h5-7,16-17,19,22H,4,8-13H2,1-3H3/t16-,17+,19?,20?,21?. The van der Waals surface area contributed by atoms with Gasteiger partial charge in [0.2, 0.25) is 0 Å². The Kier molecular flexibility index (Phi) is 3.24. The zero-order valence-corrected chi connectivity index (χ0v) is 14.4. The Labute approximate surface area is 135 Å². The van der Waals surface area contributed by atoms with Crippen molar-refractivity contribution in [3.8, 4) is 0 Å². The molecule has 0 aliphatic heterocycles. The molecule has 1 heteroatoms. The van der Waals surface area contributed by atoms with Crippen LogP contribution in [0.2, 0.25) is 0 Å². The highest BCUT2D eigenvalue weighted by Gasteiger charge is 2.59. The highest BCUT2D eigenvalue weighted by atomic mass is 16.3. The molecule has 4 aliphatic carbocycles. The van der Waals surface area contributed by atoms with E-state index in [-0.39, 0.29) is 11.5 Å². The first kappa shape index (κ1) is 14.8. The molecule has 4 fully saturated rings. The number of hydrogen-bond donors (Lipinski definition) is 1. The van der Waals surface area contributed by atoms with Crippen LogP contribution in [-0.4, -0.2) is 11.2 Å². The molecule has 0 spiro atoms. The minimum absolute atomic E-state index is 0.0932. The van der Waals surface area contributed by atoms with Crippen LogP contribution in [0.5, 0.6) is 0 Å². The highest BCUT2D eigenvalue weighted by molar-refractivity contribution is 5.37. The largest absolute Gasteiger partial charge is 0.393 e. The van der Waals surface area contributed by atoms with E-state index in [2.05, 4.69) is 39.0 Å². The third-order valence-electron chi connectivity index (χ3n) is 7.32. The molecule has 3 unspecified atom stereocenters. The summed E-state index contributed by atoms with van der Waals surface area (Å²) >= 11 is 0.